The molecule has 1 aromatic carbocycles. The highest BCUT2D eigenvalue weighted by Gasteiger charge is 2.44. The molecule has 1 aromatic heterocycles. The minimum absolute atomic E-state index is 0.101. The van der Waals surface area contributed by atoms with E-state index in [0.717, 1.165) is 69.2 Å². The maximum atomic E-state index is 10.9. The molecule has 30 heavy (non-hydrogen) atoms. The first-order valence-corrected chi connectivity index (χ1v) is 11.5. The summed E-state index contributed by atoms with van der Waals surface area (Å²) in [5.74, 6) is 1.14. The van der Waals surface area contributed by atoms with Crippen molar-refractivity contribution in [1.29, 1.82) is 0 Å². The zero-order valence-electron chi connectivity index (χ0n) is 18.8. The molecule has 1 N–H and O–H groups in total. The number of aliphatic hydroxyl groups is 1. The van der Waals surface area contributed by atoms with E-state index in [-0.39, 0.29) is 11.5 Å². The number of aromatic nitrogens is 1. The summed E-state index contributed by atoms with van der Waals surface area (Å²) in [4.78, 5) is 12.1. The quantitative estimate of drug-likeness (QED) is 0.819. The topological polar surface area (TPSA) is 56.0 Å². The van der Waals surface area contributed by atoms with E-state index in [1.165, 1.54) is 5.56 Å². The lowest BCUT2D eigenvalue weighted by Gasteiger charge is -2.44. The molecule has 3 heterocycles. The van der Waals surface area contributed by atoms with E-state index in [1.54, 1.807) is 0 Å². The van der Waals surface area contributed by atoms with Gasteiger partial charge in [0, 0.05) is 45.3 Å². The van der Waals surface area contributed by atoms with Gasteiger partial charge < -0.3 is 19.3 Å². The summed E-state index contributed by atoms with van der Waals surface area (Å²) in [5, 5.41) is 10.9. The number of fused-ring (bicyclic) bond motifs is 2. The van der Waals surface area contributed by atoms with Gasteiger partial charge >= 0.3 is 0 Å². The fraction of sp³-hybridized carbons (Fsp3) is 0.708. The Bertz CT molecular complexity index is 896. The summed E-state index contributed by atoms with van der Waals surface area (Å²) in [6.07, 6.45) is 1.76. The Morgan fingerprint density at radius 2 is 1.73 bits per heavy atom. The van der Waals surface area contributed by atoms with Crippen molar-refractivity contribution in [3.8, 4) is 0 Å². The van der Waals surface area contributed by atoms with Crippen molar-refractivity contribution in [2.75, 3.05) is 51.2 Å². The Labute approximate surface area is 179 Å². The molecule has 2 aliphatic heterocycles. The van der Waals surface area contributed by atoms with Gasteiger partial charge in [0.2, 0.25) is 0 Å². The van der Waals surface area contributed by atoms with Crippen molar-refractivity contribution in [3.05, 3.63) is 23.8 Å². The van der Waals surface area contributed by atoms with Crippen LogP contribution in [-0.4, -0.2) is 78.4 Å². The Balaban J connectivity index is 1.30. The third kappa shape index (κ3) is 3.74. The van der Waals surface area contributed by atoms with Crippen LogP contribution in [0.25, 0.3) is 11.1 Å². The molecule has 0 unspecified atom stereocenters. The smallest absolute Gasteiger partial charge is 0.298 e. The molecule has 0 spiro atoms. The third-order valence-corrected chi connectivity index (χ3v) is 7.63. The molecule has 4 atom stereocenters. The van der Waals surface area contributed by atoms with Gasteiger partial charge in [0.05, 0.1) is 6.10 Å². The van der Waals surface area contributed by atoms with Gasteiger partial charge in [-0.25, -0.2) is 0 Å². The van der Waals surface area contributed by atoms with E-state index in [4.69, 9.17) is 9.40 Å². The molecule has 0 bridgehead atoms. The lowest BCUT2D eigenvalue weighted by molar-refractivity contribution is -0.0249. The number of piperazine rings is 1. The molecule has 0 radical (unpaired) electrons. The molecule has 0 amide bonds. The SMILES string of the molecule is CN1CCN([C@@H]2C[C@@H]3CN(c4nc5cc(C(C)(C)C)ccc5o4)C[C@@H]3C[C@H]2O)CC1. The zero-order valence-corrected chi connectivity index (χ0v) is 18.8. The van der Waals surface area contributed by atoms with Crippen LogP contribution in [0.4, 0.5) is 6.01 Å². The number of anilines is 1. The highest BCUT2D eigenvalue weighted by atomic mass is 16.4. The summed E-state index contributed by atoms with van der Waals surface area (Å²) in [7, 11) is 2.18. The van der Waals surface area contributed by atoms with Crippen LogP contribution in [0.2, 0.25) is 0 Å². The van der Waals surface area contributed by atoms with Crippen molar-refractivity contribution in [3.63, 3.8) is 0 Å². The Kier molecular flexibility index (Phi) is 5.07. The van der Waals surface area contributed by atoms with Gasteiger partial charge in [0.1, 0.15) is 5.52 Å². The van der Waals surface area contributed by atoms with Gasteiger partial charge in [-0.3, -0.25) is 4.90 Å². The van der Waals surface area contributed by atoms with E-state index < -0.39 is 0 Å². The van der Waals surface area contributed by atoms with Crippen LogP contribution in [0.1, 0.15) is 39.2 Å². The maximum Gasteiger partial charge on any atom is 0.298 e. The van der Waals surface area contributed by atoms with Crippen molar-refractivity contribution in [2.24, 2.45) is 11.8 Å². The fourth-order valence-electron chi connectivity index (χ4n) is 5.63. The van der Waals surface area contributed by atoms with Crippen LogP contribution in [0.15, 0.2) is 22.6 Å². The first kappa shape index (κ1) is 20.3. The molecule has 3 fully saturated rings. The molecule has 164 valence electrons. The van der Waals surface area contributed by atoms with E-state index in [2.05, 4.69) is 60.7 Å². The van der Waals surface area contributed by atoms with Crippen LogP contribution < -0.4 is 4.90 Å². The summed E-state index contributed by atoms with van der Waals surface area (Å²) < 4.78 is 6.14. The summed E-state index contributed by atoms with van der Waals surface area (Å²) in [6.45, 7) is 12.9. The van der Waals surface area contributed by atoms with Gasteiger partial charge in [-0.15, -0.1) is 0 Å². The molecule has 6 heteroatoms. The Hall–Kier alpha value is -1.63. The normalized spacial score (nSPS) is 31.4. The second-order valence-electron chi connectivity index (χ2n) is 10.8. The second-order valence-corrected chi connectivity index (χ2v) is 10.8. The summed E-state index contributed by atoms with van der Waals surface area (Å²) >= 11 is 0. The van der Waals surface area contributed by atoms with E-state index in [0.29, 0.717) is 17.9 Å². The van der Waals surface area contributed by atoms with Crippen molar-refractivity contribution in [2.45, 2.75) is 51.2 Å². The van der Waals surface area contributed by atoms with E-state index in [1.807, 2.05) is 0 Å². The van der Waals surface area contributed by atoms with Gasteiger partial charge in [-0.1, -0.05) is 26.8 Å². The first-order chi connectivity index (χ1) is 14.3. The molecular weight excluding hydrogens is 376 g/mol. The molecule has 5 rings (SSSR count). The minimum Gasteiger partial charge on any atom is -0.423 e. The highest BCUT2D eigenvalue weighted by Crippen LogP contribution is 2.40. The monoisotopic (exact) mass is 412 g/mol. The van der Waals surface area contributed by atoms with Gasteiger partial charge in [0.25, 0.3) is 6.01 Å². The number of hydrogen-bond acceptors (Lipinski definition) is 6. The summed E-state index contributed by atoms with van der Waals surface area (Å²) in [5.41, 5.74) is 3.19. The number of aliphatic hydroxyl groups excluding tert-OH is 1. The predicted octanol–water partition coefficient (Wildman–Crippen LogP) is 2.95. The van der Waals surface area contributed by atoms with Crippen LogP contribution in [-0.2, 0) is 5.41 Å². The van der Waals surface area contributed by atoms with E-state index >= 15 is 0 Å². The number of likely N-dealkylation sites (N-methyl/N-ethyl adjacent to an activating group) is 1. The Morgan fingerprint density at radius 3 is 2.43 bits per heavy atom. The third-order valence-electron chi connectivity index (χ3n) is 7.63. The van der Waals surface area contributed by atoms with Crippen LogP contribution >= 0.6 is 0 Å². The maximum absolute atomic E-state index is 10.9. The number of oxazole rings is 1. The first-order valence-electron chi connectivity index (χ1n) is 11.5. The zero-order chi connectivity index (χ0) is 21.0. The van der Waals surface area contributed by atoms with Crippen LogP contribution in [0, 0.1) is 11.8 Å². The number of nitrogens with zero attached hydrogens (tertiary/aromatic N) is 4. The largest absolute Gasteiger partial charge is 0.423 e. The molecule has 1 aliphatic carbocycles. The lowest BCUT2D eigenvalue weighted by Crippen LogP contribution is -2.55. The lowest BCUT2D eigenvalue weighted by atomic mass is 9.77. The van der Waals surface area contributed by atoms with Gasteiger partial charge in [-0.2, -0.15) is 4.98 Å². The summed E-state index contributed by atoms with van der Waals surface area (Å²) in [6, 6.07) is 7.42. The molecule has 1 saturated carbocycles. The van der Waals surface area contributed by atoms with Crippen molar-refractivity contribution >= 4 is 17.1 Å². The average Bonchev–Trinajstić information content (AvgIpc) is 3.30. The second kappa shape index (κ2) is 7.50. The number of hydrogen-bond donors (Lipinski definition) is 1. The van der Waals surface area contributed by atoms with E-state index in [9.17, 15) is 5.11 Å². The Morgan fingerprint density at radius 1 is 1.03 bits per heavy atom. The van der Waals surface area contributed by atoms with Crippen LogP contribution in [0.3, 0.4) is 0 Å². The molecular formula is C24H36N4O2. The number of benzene rings is 1. The van der Waals surface area contributed by atoms with Gasteiger partial charge in [0.15, 0.2) is 5.58 Å². The predicted molar refractivity (Wildman–Crippen MR) is 120 cm³/mol. The van der Waals surface area contributed by atoms with Crippen molar-refractivity contribution < 1.29 is 9.52 Å². The fourth-order valence-corrected chi connectivity index (χ4v) is 5.63. The number of rotatable bonds is 2. The van der Waals surface area contributed by atoms with Crippen molar-refractivity contribution in [1.82, 2.24) is 14.8 Å². The minimum atomic E-state index is -0.215. The van der Waals surface area contributed by atoms with Crippen LogP contribution in [0.5, 0.6) is 0 Å². The molecule has 2 aromatic rings. The molecule has 6 nitrogen and oxygen atoms in total. The average molecular weight is 413 g/mol. The van der Waals surface area contributed by atoms with Gasteiger partial charge in [-0.05, 0) is 54.8 Å². The standard InChI is InChI=1S/C24H36N4O2/c1-24(2,3)18-5-6-22-19(13-18)25-23(30-22)28-14-16-11-20(21(29)12-17(16)15-28)27-9-7-26(4)8-10-27/h5-6,13,16-17,20-21,29H,7-12,14-15H2,1-4H3/t16-,17+,20-,21-/m1/s1. The highest BCUT2D eigenvalue weighted by molar-refractivity contribution is 5.75. The molecule has 2 saturated heterocycles. The molecule has 3 aliphatic rings.